The van der Waals surface area contributed by atoms with Gasteiger partial charge in [0.05, 0.1) is 39.6 Å². The van der Waals surface area contributed by atoms with Gasteiger partial charge in [-0.1, -0.05) is 0 Å². The number of nitrogens with one attached hydrogen (secondary N) is 2. The van der Waals surface area contributed by atoms with Gasteiger partial charge >= 0.3 is 0 Å². The van der Waals surface area contributed by atoms with Gasteiger partial charge in [0.2, 0.25) is 11.8 Å². The molecule has 0 radical (unpaired) electrons. The zero-order chi connectivity index (χ0) is 32.8. The van der Waals surface area contributed by atoms with Crippen LogP contribution in [0.2, 0.25) is 0 Å². The summed E-state index contributed by atoms with van der Waals surface area (Å²) in [6, 6.07) is 10.5. The van der Waals surface area contributed by atoms with E-state index in [2.05, 4.69) is 15.6 Å². The molecule has 4 aromatic rings. The number of aromatic nitrogens is 1. The summed E-state index contributed by atoms with van der Waals surface area (Å²) in [5.74, 6) is -1.30. The maximum absolute atomic E-state index is 12.7. The number of fused-ring (bicyclic) bond motifs is 4. The van der Waals surface area contributed by atoms with E-state index in [0.29, 0.717) is 27.5 Å². The highest BCUT2D eigenvalue weighted by Gasteiger charge is 2.31. The molecule has 0 unspecified atom stereocenters. The number of carbonyl (C=O) groups is 2. The van der Waals surface area contributed by atoms with Gasteiger partial charge in [-0.05, 0) is 30.3 Å². The fourth-order valence-corrected chi connectivity index (χ4v) is 4.75. The molecule has 15 nitrogen and oxygen atoms in total. The van der Waals surface area contributed by atoms with Crippen LogP contribution in [0.15, 0.2) is 51.7 Å². The summed E-state index contributed by atoms with van der Waals surface area (Å²) < 4.78 is 6.06. The van der Waals surface area contributed by atoms with E-state index in [-0.39, 0.29) is 48.3 Å². The number of benzene rings is 3. The quantitative estimate of drug-likeness (QED) is 0.0535. The Morgan fingerprint density at radius 3 is 1.82 bits per heavy atom. The minimum Gasteiger partial charge on any atom is -0.507 e. The van der Waals surface area contributed by atoms with E-state index in [4.69, 9.17) is 4.42 Å². The van der Waals surface area contributed by atoms with Crippen molar-refractivity contribution < 1.29 is 49.8 Å². The van der Waals surface area contributed by atoms with Crippen molar-refractivity contribution >= 4 is 50.5 Å². The third-order valence-electron chi connectivity index (χ3n) is 7.63. The minimum atomic E-state index is -1.62. The van der Waals surface area contributed by atoms with Crippen LogP contribution in [0, 0.1) is 0 Å². The van der Waals surface area contributed by atoms with Gasteiger partial charge in [0, 0.05) is 54.5 Å². The highest BCUT2D eigenvalue weighted by atomic mass is 16.3. The molecule has 3 aromatic carbocycles. The molecule has 9 N–H and O–H groups in total. The molecule has 4 rings (SSSR count). The number of hydrogen-bond donors (Lipinski definition) is 9. The predicted octanol–water partition coefficient (Wildman–Crippen LogP) is -1.55. The van der Waals surface area contributed by atoms with Crippen molar-refractivity contribution in [2.24, 2.45) is 0 Å². The Hall–Kier alpha value is -4.38. The summed E-state index contributed by atoms with van der Waals surface area (Å²) in [5, 5.41) is 73.5. The molecule has 1 aromatic heterocycles. The molecule has 242 valence electrons. The first kappa shape index (κ1) is 33.5. The van der Waals surface area contributed by atoms with E-state index >= 15 is 0 Å². The maximum atomic E-state index is 12.7. The van der Waals surface area contributed by atoms with E-state index < -0.39 is 62.5 Å². The number of amides is 2. The van der Waals surface area contributed by atoms with Crippen LogP contribution in [0.5, 0.6) is 5.75 Å². The SMILES string of the molecule is O=C(CCN(CCC(=O)NC(CO)(CO)CO)c1ccc2nc3c(cc(O)c4ccc(=O)cc43)oc2c1)NC(CO)(CO)CO. The zero-order valence-electron chi connectivity index (χ0n) is 24.3. The Morgan fingerprint density at radius 1 is 0.733 bits per heavy atom. The van der Waals surface area contributed by atoms with E-state index in [1.807, 2.05) is 0 Å². The smallest absolute Gasteiger partial charge is 0.222 e. The van der Waals surface area contributed by atoms with Gasteiger partial charge in [0.15, 0.2) is 16.6 Å². The second kappa shape index (κ2) is 14.2. The average Bonchev–Trinajstić information content (AvgIpc) is 3.05. The molecular formula is C30H36N4O11. The van der Waals surface area contributed by atoms with Gasteiger partial charge in [0.1, 0.15) is 27.9 Å². The number of phenols is 1. The fraction of sp³-hybridized carbons (Fsp3) is 0.400. The Labute approximate surface area is 256 Å². The van der Waals surface area contributed by atoms with Gasteiger partial charge in [-0.3, -0.25) is 14.4 Å². The molecule has 0 saturated carbocycles. The number of phenolic OH excluding ortho intramolecular Hbond substituents is 1. The molecular weight excluding hydrogens is 592 g/mol. The fourth-order valence-electron chi connectivity index (χ4n) is 4.75. The molecule has 45 heavy (non-hydrogen) atoms. The van der Waals surface area contributed by atoms with Crippen LogP contribution in [-0.2, 0) is 9.59 Å². The Morgan fingerprint density at radius 2 is 1.29 bits per heavy atom. The molecule has 15 heteroatoms. The standard InChI is InChI=1S/C30H36N4O11/c35-12-29(13-36,14-37)32-26(43)5-7-34(8-6-27(44)33-30(15-38,16-39)17-40)18-1-4-22-24(9-18)45-25-11-23(42)20-3-2-19(41)10-21(20)28(25)31-22/h1-4,9-11,35-40,42H,5-8,12-17H2,(H,32,43)(H,33,44). The number of rotatable bonds is 15. The topological polar surface area (TPSA) is 246 Å². The molecule has 0 atom stereocenters. The van der Waals surface area contributed by atoms with Crippen molar-refractivity contribution in [2.45, 2.75) is 23.9 Å². The Bertz CT molecular complexity index is 1680. The van der Waals surface area contributed by atoms with Gasteiger partial charge < -0.3 is 55.7 Å². The molecule has 0 aliphatic heterocycles. The number of nitrogens with zero attached hydrogens (tertiary/aromatic N) is 2. The predicted molar refractivity (Wildman–Crippen MR) is 163 cm³/mol. The first-order chi connectivity index (χ1) is 21.5. The molecule has 0 aliphatic rings. The molecule has 2 amide bonds. The summed E-state index contributed by atoms with van der Waals surface area (Å²) in [7, 11) is 0. The van der Waals surface area contributed by atoms with Crippen LogP contribution in [0.3, 0.4) is 0 Å². The molecule has 1 heterocycles. The van der Waals surface area contributed by atoms with Gasteiger partial charge in [-0.25, -0.2) is 4.98 Å². The molecule has 0 bridgehead atoms. The van der Waals surface area contributed by atoms with Crippen molar-refractivity contribution in [2.75, 3.05) is 57.6 Å². The molecule has 0 aliphatic carbocycles. The summed E-state index contributed by atoms with van der Waals surface area (Å²) in [4.78, 5) is 43.8. The lowest BCUT2D eigenvalue weighted by atomic mass is 10.0. The van der Waals surface area contributed by atoms with Crippen LogP contribution in [0.25, 0.3) is 33.0 Å². The number of aliphatic hydroxyl groups excluding tert-OH is 6. The number of carbonyl (C=O) groups excluding carboxylic acids is 2. The van der Waals surface area contributed by atoms with Gasteiger partial charge in [0.25, 0.3) is 0 Å². The maximum Gasteiger partial charge on any atom is 0.222 e. The average molecular weight is 629 g/mol. The molecule has 0 spiro atoms. The number of anilines is 1. The van der Waals surface area contributed by atoms with E-state index in [1.165, 1.54) is 24.3 Å². The third kappa shape index (κ3) is 7.30. The third-order valence-corrected chi connectivity index (χ3v) is 7.63. The lowest BCUT2D eigenvalue weighted by Gasteiger charge is -2.31. The number of aromatic hydroxyl groups is 1. The second-order valence-electron chi connectivity index (χ2n) is 10.9. The highest BCUT2D eigenvalue weighted by Crippen LogP contribution is 2.33. The monoisotopic (exact) mass is 628 g/mol. The van der Waals surface area contributed by atoms with Crippen molar-refractivity contribution in [1.29, 1.82) is 0 Å². The van der Waals surface area contributed by atoms with Crippen molar-refractivity contribution in [3.8, 4) is 5.75 Å². The first-order valence-electron chi connectivity index (χ1n) is 14.1. The summed E-state index contributed by atoms with van der Waals surface area (Å²) >= 11 is 0. The van der Waals surface area contributed by atoms with E-state index in [0.717, 1.165) is 0 Å². The summed E-state index contributed by atoms with van der Waals surface area (Å²) in [6.07, 6.45) is -0.362. The highest BCUT2D eigenvalue weighted by molar-refractivity contribution is 6.07. The van der Waals surface area contributed by atoms with Crippen molar-refractivity contribution in [3.05, 3.63) is 52.7 Å². The lowest BCUT2D eigenvalue weighted by molar-refractivity contribution is -0.125. The first-order valence-corrected chi connectivity index (χ1v) is 14.1. The second-order valence-corrected chi connectivity index (χ2v) is 10.9. The molecule has 0 fully saturated rings. The van der Waals surface area contributed by atoms with Gasteiger partial charge in [-0.15, -0.1) is 0 Å². The number of hydrogen-bond acceptors (Lipinski definition) is 13. The van der Waals surface area contributed by atoms with Crippen LogP contribution in [0.1, 0.15) is 12.8 Å². The Balaban J connectivity index is 1.66. The van der Waals surface area contributed by atoms with Crippen LogP contribution in [-0.4, -0.2) is 116 Å². The van der Waals surface area contributed by atoms with Gasteiger partial charge in [-0.2, -0.15) is 0 Å². The lowest BCUT2D eigenvalue weighted by Crippen LogP contribution is -2.57. The van der Waals surface area contributed by atoms with Crippen molar-refractivity contribution in [3.63, 3.8) is 0 Å². The zero-order valence-corrected chi connectivity index (χ0v) is 24.3. The Kier molecular flexibility index (Phi) is 10.5. The summed E-state index contributed by atoms with van der Waals surface area (Å²) in [6.45, 7) is -4.17. The largest absolute Gasteiger partial charge is 0.507 e. The van der Waals surface area contributed by atoms with Crippen molar-refractivity contribution in [1.82, 2.24) is 15.6 Å². The number of aliphatic hydroxyl groups is 6. The van der Waals surface area contributed by atoms with Crippen LogP contribution in [0.4, 0.5) is 5.69 Å². The molecule has 0 saturated heterocycles. The minimum absolute atomic E-state index is 0.0207. The van der Waals surface area contributed by atoms with E-state index in [9.17, 15) is 50.1 Å². The van der Waals surface area contributed by atoms with Crippen LogP contribution >= 0.6 is 0 Å². The normalized spacial score (nSPS) is 12.1. The van der Waals surface area contributed by atoms with Crippen LogP contribution < -0.4 is 21.0 Å². The van der Waals surface area contributed by atoms with E-state index in [1.54, 1.807) is 23.1 Å². The summed E-state index contributed by atoms with van der Waals surface area (Å²) in [5.41, 5.74) is -1.73.